The quantitative estimate of drug-likeness (QED) is 0.548. The fraction of sp³-hybridized carbons (Fsp3) is 0.316. The van der Waals surface area contributed by atoms with Gasteiger partial charge in [0.05, 0.1) is 13.7 Å². The van der Waals surface area contributed by atoms with Crippen molar-refractivity contribution in [2.24, 2.45) is 0 Å². The molecular formula is C19H24N2O3. The van der Waals surface area contributed by atoms with E-state index in [4.69, 9.17) is 15.2 Å². The molecule has 0 heterocycles. The van der Waals surface area contributed by atoms with Gasteiger partial charge in [-0.25, -0.2) is 0 Å². The summed E-state index contributed by atoms with van der Waals surface area (Å²) in [5.74, 6) is 1.56. The highest BCUT2D eigenvalue weighted by Crippen LogP contribution is 2.18. The maximum atomic E-state index is 11.8. The monoisotopic (exact) mass is 328 g/mol. The second kappa shape index (κ2) is 9.45. The highest BCUT2D eigenvalue weighted by atomic mass is 16.5. The van der Waals surface area contributed by atoms with Crippen LogP contribution >= 0.6 is 0 Å². The van der Waals surface area contributed by atoms with Gasteiger partial charge in [0.1, 0.15) is 11.5 Å². The van der Waals surface area contributed by atoms with Crippen LogP contribution in [0.1, 0.15) is 18.4 Å². The third-order valence-corrected chi connectivity index (χ3v) is 3.63. The van der Waals surface area contributed by atoms with Gasteiger partial charge in [-0.15, -0.1) is 0 Å². The summed E-state index contributed by atoms with van der Waals surface area (Å²) < 4.78 is 10.8. The van der Waals surface area contributed by atoms with Gasteiger partial charge < -0.3 is 20.5 Å². The van der Waals surface area contributed by atoms with E-state index in [2.05, 4.69) is 5.32 Å². The number of ether oxygens (including phenoxy) is 2. The van der Waals surface area contributed by atoms with E-state index in [0.29, 0.717) is 26.0 Å². The van der Waals surface area contributed by atoms with Gasteiger partial charge in [-0.2, -0.15) is 0 Å². The second-order valence-electron chi connectivity index (χ2n) is 5.43. The Morgan fingerprint density at radius 1 is 1.12 bits per heavy atom. The Bertz CT molecular complexity index is 659. The van der Waals surface area contributed by atoms with Gasteiger partial charge in [-0.05, 0) is 36.6 Å². The van der Waals surface area contributed by atoms with Crippen molar-refractivity contribution in [1.29, 1.82) is 0 Å². The lowest BCUT2D eigenvalue weighted by molar-refractivity contribution is -0.121. The van der Waals surface area contributed by atoms with Gasteiger partial charge in [-0.3, -0.25) is 4.79 Å². The summed E-state index contributed by atoms with van der Waals surface area (Å²) in [6.45, 7) is 1.13. The number of amides is 1. The van der Waals surface area contributed by atoms with Crippen LogP contribution in [0, 0.1) is 0 Å². The maximum Gasteiger partial charge on any atom is 0.220 e. The van der Waals surface area contributed by atoms with Crippen molar-refractivity contribution in [2.45, 2.75) is 19.3 Å². The van der Waals surface area contributed by atoms with Gasteiger partial charge in [0.25, 0.3) is 0 Å². The summed E-state index contributed by atoms with van der Waals surface area (Å²) >= 11 is 0. The lowest BCUT2D eigenvalue weighted by Gasteiger charge is -2.09. The normalized spacial score (nSPS) is 10.2. The zero-order valence-corrected chi connectivity index (χ0v) is 14.0. The third kappa shape index (κ3) is 5.83. The summed E-state index contributed by atoms with van der Waals surface area (Å²) in [6.07, 6.45) is 1.83. The Morgan fingerprint density at radius 3 is 2.71 bits per heavy atom. The zero-order chi connectivity index (χ0) is 17.2. The number of hydrogen-bond donors (Lipinski definition) is 2. The van der Waals surface area contributed by atoms with Crippen LogP contribution < -0.4 is 20.5 Å². The fourth-order valence-electron chi connectivity index (χ4n) is 2.28. The average Bonchev–Trinajstić information content (AvgIpc) is 2.61. The lowest BCUT2D eigenvalue weighted by Crippen LogP contribution is -2.25. The predicted octanol–water partition coefficient (Wildman–Crippen LogP) is 2.80. The van der Waals surface area contributed by atoms with E-state index in [1.807, 2.05) is 48.5 Å². The smallest absolute Gasteiger partial charge is 0.220 e. The summed E-state index contributed by atoms with van der Waals surface area (Å²) in [6, 6.07) is 15.1. The molecule has 2 rings (SSSR count). The summed E-state index contributed by atoms with van der Waals surface area (Å²) in [7, 11) is 1.62. The third-order valence-electron chi connectivity index (χ3n) is 3.63. The minimum absolute atomic E-state index is 0.0274. The first kappa shape index (κ1) is 17.7. The van der Waals surface area contributed by atoms with Crippen LogP contribution in [-0.2, 0) is 11.2 Å². The first-order valence-electron chi connectivity index (χ1n) is 8.06. The van der Waals surface area contributed by atoms with Crippen LogP contribution in [-0.4, -0.2) is 26.2 Å². The highest BCUT2D eigenvalue weighted by Gasteiger charge is 2.04. The molecule has 0 spiro atoms. The molecular weight excluding hydrogens is 304 g/mol. The molecule has 0 saturated heterocycles. The molecule has 0 atom stereocenters. The van der Waals surface area contributed by atoms with E-state index in [9.17, 15) is 4.79 Å². The number of aryl methyl sites for hydroxylation is 1. The number of nitrogens with one attached hydrogen (secondary N) is 1. The molecule has 0 radical (unpaired) electrons. The van der Waals surface area contributed by atoms with Crippen molar-refractivity contribution in [3.8, 4) is 11.5 Å². The van der Waals surface area contributed by atoms with Crippen LogP contribution in [0.15, 0.2) is 48.5 Å². The minimum Gasteiger partial charge on any atom is -0.497 e. The second-order valence-corrected chi connectivity index (χ2v) is 5.43. The summed E-state index contributed by atoms with van der Waals surface area (Å²) in [5, 5.41) is 2.90. The molecule has 0 aliphatic heterocycles. The Kier molecular flexibility index (Phi) is 6.95. The first-order valence-corrected chi connectivity index (χ1v) is 8.06. The molecule has 0 saturated carbocycles. The number of carbonyl (C=O) groups is 1. The summed E-state index contributed by atoms with van der Waals surface area (Å²) in [4.78, 5) is 11.8. The van der Waals surface area contributed by atoms with Gasteiger partial charge in [-0.1, -0.05) is 24.3 Å². The highest BCUT2D eigenvalue weighted by molar-refractivity contribution is 5.76. The van der Waals surface area contributed by atoms with Crippen molar-refractivity contribution in [2.75, 3.05) is 26.0 Å². The van der Waals surface area contributed by atoms with Gasteiger partial charge in [0.15, 0.2) is 0 Å². The molecule has 5 nitrogen and oxygen atoms in total. The number of hydrogen-bond acceptors (Lipinski definition) is 4. The largest absolute Gasteiger partial charge is 0.497 e. The Hall–Kier alpha value is -2.69. The predicted molar refractivity (Wildman–Crippen MR) is 95.3 cm³/mol. The van der Waals surface area contributed by atoms with E-state index in [-0.39, 0.29) is 5.91 Å². The molecule has 1 amide bonds. The molecule has 3 N–H and O–H groups in total. The van der Waals surface area contributed by atoms with E-state index in [0.717, 1.165) is 29.2 Å². The van der Waals surface area contributed by atoms with Gasteiger partial charge >= 0.3 is 0 Å². The van der Waals surface area contributed by atoms with Gasteiger partial charge in [0.2, 0.25) is 5.91 Å². The molecule has 24 heavy (non-hydrogen) atoms. The van der Waals surface area contributed by atoms with E-state index >= 15 is 0 Å². The number of para-hydroxylation sites is 1. The molecule has 2 aromatic carbocycles. The summed E-state index contributed by atoms with van der Waals surface area (Å²) in [5.41, 5.74) is 7.61. The Labute approximate surface area is 142 Å². The molecule has 0 bridgehead atoms. The number of benzene rings is 2. The molecule has 0 unspecified atom stereocenters. The number of nitrogen functional groups attached to an aromatic ring is 1. The van der Waals surface area contributed by atoms with E-state index in [1.54, 1.807) is 7.11 Å². The zero-order valence-electron chi connectivity index (χ0n) is 14.0. The molecule has 128 valence electrons. The van der Waals surface area contributed by atoms with Crippen LogP contribution in [0.25, 0.3) is 0 Å². The van der Waals surface area contributed by atoms with Crippen LogP contribution in [0.2, 0.25) is 0 Å². The van der Waals surface area contributed by atoms with E-state index < -0.39 is 0 Å². The van der Waals surface area contributed by atoms with E-state index in [1.165, 1.54) is 0 Å². The van der Waals surface area contributed by atoms with Crippen molar-refractivity contribution in [3.63, 3.8) is 0 Å². The van der Waals surface area contributed by atoms with Crippen LogP contribution in [0.3, 0.4) is 0 Å². The molecule has 0 fully saturated rings. The maximum absolute atomic E-state index is 11.8. The molecule has 5 heteroatoms. The number of methoxy groups -OCH3 is 1. The Morgan fingerprint density at radius 2 is 1.92 bits per heavy atom. The molecule has 0 aliphatic carbocycles. The molecule has 2 aromatic rings. The number of carbonyl (C=O) groups excluding carboxylic acids is 1. The van der Waals surface area contributed by atoms with Crippen molar-refractivity contribution < 1.29 is 14.3 Å². The van der Waals surface area contributed by atoms with Gasteiger partial charge in [0, 0.05) is 24.7 Å². The number of rotatable bonds is 9. The standard InChI is InChI=1S/C19H24N2O3/c1-23-16-7-4-8-17(14-16)24-13-5-12-21-19(22)11-10-15-6-2-3-9-18(15)20/h2-4,6-9,14H,5,10-13,20H2,1H3,(H,21,22). The van der Waals surface area contributed by atoms with Crippen LogP contribution in [0.5, 0.6) is 11.5 Å². The molecule has 0 aliphatic rings. The van der Waals surface area contributed by atoms with Crippen molar-refractivity contribution in [1.82, 2.24) is 5.32 Å². The number of anilines is 1. The molecule has 0 aromatic heterocycles. The van der Waals surface area contributed by atoms with Crippen molar-refractivity contribution in [3.05, 3.63) is 54.1 Å². The Balaban J connectivity index is 1.60. The first-order chi connectivity index (χ1) is 11.7. The lowest BCUT2D eigenvalue weighted by atomic mass is 10.1. The number of nitrogens with two attached hydrogens (primary N) is 1. The van der Waals surface area contributed by atoms with Crippen molar-refractivity contribution >= 4 is 11.6 Å². The topological polar surface area (TPSA) is 73.6 Å². The minimum atomic E-state index is 0.0274. The van der Waals surface area contributed by atoms with Crippen LogP contribution in [0.4, 0.5) is 5.69 Å². The fourth-order valence-corrected chi connectivity index (χ4v) is 2.28. The SMILES string of the molecule is COc1cccc(OCCCNC(=O)CCc2ccccc2N)c1. The average molecular weight is 328 g/mol.